The molecule has 0 bridgehead atoms. The van der Waals surface area contributed by atoms with E-state index in [9.17, 15) is 19.2 Å². The third kappa shape index (κ3) is 8.10. The van der Waals surface area contributed by atoms with Crippen LogP contribution >= 0.6 is 0 Å². The lowest BCUT2D eigenvalue weighted by atomic mass is 10.1. The number of aromatic amines is 1. The summed E-state index contributed by atoms with van der Waals surface area (Å²) in [7, 11) is 0. The highest BCUT2D eigenvalue weighted by Crippen LogP contribution is 2.31. The summed E-state index contributed by atoms with van der Waals surface area (Å²) in [5.41, 5.74) is 1.21. The molecule has 2 aromatic heterocycles. The van der Waals surface area contributed by atoms with Crippen molar-refractivity contribution < 1.29 is 28.7 Å². The van der Waals surface area contributed by atoms with Crippen molar-refractivity contribution in [1.82, 2.24) is 31.0 Å². The molecule has 216 valence electrons. The Labute approximate surface area is 237 Å². The highest BCUT2D eigenvalue weighted by Gasteiger charge is 2.42. The minimum absolute atomic E-state index is 0.0783. The summed E-state index contributed by atoms with van der Waals surface area (Å²) in [5.74, 6) is -1.27. The second-order valence-electron chi connectivity index (χ2n) is 10.5. The van der Waals surface area contributed by atoms with E-state index in [1.807, 2.05) is 30.3 Å². The Balaban J connectivity index is 1.51. The lowest BCUT2D eigenvalue weighted by Crippen LogP contribution is -2.55. The van der Waals surface area contributed by atoms with Gasteiger partial charge in [-0.05, 0) is 44.4 Å². The minimum atomic E-state index is -1.20. The van der Waals surface area contributed by atoms with Crippen molar-refractivity contribution in [2.75, 3.05) is 4.90 Å². The Morgan fingerprint density at radius 2 is 1.90 bits per heavy atom. The van der Waals surface area contributed by atoms with Crippen molar-refractivity contribution in [1.29, 1.82) is 0 Å². The summed E-state index contributed by atoms with van der Waals surface area (Å²) in [6, 6.07) is 10.6. The second-order valence-corrected chi connectivity index (χ2v) is 10.5. The van der Waals surface area contributed by atoms with Gasteiger partial charge in [0.05, 0.1) is 12.7 Å². The van der Waals surface area contributed by atoms with E-state index in [-0.39, 0.29) is 32.4 Å². The van der Waals surface area contributed by atoms with Gasteiger partial charge in [-0.3, -0.25) is 19.3 Å². The molecule has 0 radical (unpaired) electrons. The normalized spacial score (nSPS) is 15.0. The van der Waals surface area contributed by atoms with Crippen LogP contribution in [0.25, 0.3) is 0 Å². The van der Waals surface area contributed by atoms with Gasteiger partial charge < -0.3 is 20.1 Å². The Morgan fingerprint density at radius 3 is 2.61 bits per heavy atom. The number of fused-ring (bicyclic) bond motifs is 1. The van der Waals surface area contributed by atoms with Gasteiger partial charge in [0.1, 0.15) is 35.8 Å². The Morgan fingerprint density at radius 1 is 1.12 bits per heavy atom. The molecule has 0 saturated heterocycles. The van der Waals surface area contributed by atoms with Crippen molar-refractivity contribution in [3.63, 3.8) is 0 Å². The number of rotatable bonds is 10. The molecule has 0 unspecified atom stereocenters. The maximum atomic E-state index is 14.0. The standard InChI is InChI=1S/C28H33N7O6/c1-28(2,3)41-27(39)32-21(11-12-23(36)40-17-18-8-5-4-6-9-18)26(38)35-22(14-19-10-7-13-29-24(19)35)25(37)30-15-20-16-31-34-33-20/h4-10,13,16,21-22H,11-12,14-15,17H2,1-3H3,(H,30,37)(H,32,39)(H,31,33,34)/t21-,22-/m0/s1. The monoisotopic (exact) mass is 563 g/mol. The molecule has 3 amide bonds. The lowest BCUT2D eigenvalue weighted by molar-refractivity contribution is -0.145. The molecule has 3 aromatic rings. The van der Waals surface area contributed by atoms with Crippen molar-refractivity contribution in [3.05, 3.63) is 71.7 Å². The van der Waals surface area contributed by atoms with E-state index in [4.69, 9.17) is 9.47 Å². The molecule has 1 aromatic carbocycles. The van der Waals surface area contributed by atoms with E-state index >= 15 is 0 Å². The molecule has 2 atom stereocenters. The van der Waals surface area contributed by atoms with Crippen LogP contribution in [0, 0.1) is 0 Å². The average Bonchev–Trinajstić information content (AvgIpc) is 3.60. The zero-order valence-electron chi connectivity index (χ0n) is 23.1. The number of carbonyl (C=O) groups excluding carboxylic acids is 4. The highest BCUT2D eigenvalue weighted by molar-refractivity contribution is 6.05. The fourth-order valence-corrected chi connectivity index (χ4v) is 4.28. The van der Waals surface area contributed by atoms with Gasteiger partial charge in [0, 0.05) is 19.0 Å². The zero-order chi connectivity index (χ0) is 29.4. The Kier molecular flexibility index (Phi) is 9.27. The quantitative estimate of drug-likeness (QED) is 0.313. The molecule has 3 heterocycles. The largest absolute Gasteiger partial charge is 0.461 e. The summed E-state index contributed by atoms with van der Waals surface area (Å²) >= 11 is 0. The average molecular weight is 564 g/mol. The molecule has 41 heavy (non-hydrogen) atoms. The number of hydrogen-bond donors (Lipinski definition) is 3. The number of benzene rings is 1. The molecule has 13 nitrogen and oxygen atoms in total. The van der Waals surface area contributed by atoms with E-state index in [1.165, 1.54) is 17.3 Å². The summed E-state index contributed by atoms with van der Waals surface area (Å²) in [4.78, 5) is 58.2. The number of nitrogens with zero attached hydrogens (tertiary/aromatic N) is 4. The number of pyridine rings is 1. The number of aromatic nitrogens is 4. The van der Waals surface area contributed by atoms with E-state index in [0.717, 1.165) is 5.56 Å². The molecule has 1 aliphatic heterocycles. The van der Waals surface area contributed by atoms with Crippen molar-refractivity contribution >= 4 is 29.7 Å². The SMILES string of the molecule is CC(C)(C)OC(=O)N[C@@H](CCC(=O)OCc1ccccc1)C(=O)N1c2ncccc2C[C@H]1C(=O)NCc1cn[nH]n1. The summed E-state index contributed by atoms with van der Waals surface area (Å²) in [6.07, 6.45) is 2.14. The lowest BCUT2D eigenvalue weighted by Gasteiger charge is -2.29. The maximum absolute atomic E-state index is 14.0. The van der Waals surface area contributed by atoms with Crippen LogP contribution in [0.5, 0.6) is 0 Å². The fourth-order valence-electron chi connectivity index (χ4n) is 4.28. The third-order valence-corrected chi connectivity index (χ3v) is 6.14. The van der Waals surface area contributed by atoms with E-state index in [0.29, 0.717) is 17.1 Å². The van der Waals surface area contributed by atoms with Crippen LogP contribution in [0.4, 0.5) is 10.6 Å². The zero-order valence-corrected chi connectivity index (χ0v) is 23.1. The van der Waals surface area contributed by atoms with Crippen molar-refractivity contribution in [2.45, 2.75) is 70.9 Å². The first-order valence-corrected chi connectivity index (χ1v) is 13.2. The van der Waals surface area contributed by atoms with Crippen molar-refractivity contribution in [2.24, 2.45) is 0 Å². The molecule has 13 heteroatoms. The van der Waals surface area contributed by atoms with Crippen LogP contribution in [-0.2, 0) is 43.4 Å². The fraction of sp³-hybridized carbons (Fsp3) is 0.393. The first-order chi connectivity index (χ1) is 19.6. The second kappa shape index (κ2) is 13.0. The summed E-state index contributed by atoms with van der Waals surface area (Å²) in [6.45, 7) is 5.26. The molecule has 4 rings (SSSR count). The van der Waals surface area contributed by atoms with Crippen LogP contribution in [0.1, 0.15) is 50.4 Å². The molecule has 3 N–H and O–H groups in total. The number of esters is 1. The van der Waals surface area contributed by atoms with Crippen LogP contribution in [0.15, 0.2) is 54.9 Å². The van der Waals surface area contributed by atoms with Gasteiger partial charge in [-0.25, -0.2) is 9.78 Å². The molecule has 1 aliphatic rings. The van der Waals surface area contributed by atoms with Gasteiger partial charge in [-0.2, -0.15) is 15.4 Å². The van der Waals surface area contributed by atoms with Gasteiger partial charge in [0.25, 0.3) is 5.91 Å². The van der Waals surface area contributed by atoms with Gasteiger partial charge in [0.2, 0.25) is 5.91 Å². The number of nitrogens with one attached hydrogen (secondary N) is 3. The first kappa shape index (κ1) is 29.2. The number of carbonyl (C=O) groups is 4. The summed E-state index contributed by atoms with van der Waals surface area (Å²) in [5, 5.41) is 15.5. The topological polar surface area (TPSA) is 168 Å². The molecule has 0 spiro atoms. The van der Waals surface area contributed by atoms with Crippen LogP contribution < -0.4 is 15.5 Å². The molecular formula is C28H33N7O6. The van der Waals surface area contributed by atoms with Gasteiger partial charge in [0.15, 0.2) is 0 Å². The van der Waals surface area contributed by atoms with Crippen LogP contribution in [0.2, 0.25) is 0 Å². The molecule has 0 aliphatic carbocycles. The number of ether oxygens (including phenoxy) is 2. The number of anilines is 1. The van der Waals surface area contributed by atoms with Crippen LogP contribution in [-0.4, -0.2) is 62.0 Å². The Hall–Kier alpha value is -4.81. The van der Waals surface area contributed by atoms with E-state index in [1.54, 1.807) is 32.9 Å². The first-order valence-electron chi connectivity index (χ1n) is 13.2. The van der Waals surface area contributed by atoms with Gasteiger partial charge in [-0.1, -0.05) is 36.4 Å². The third-order valence-electron chi connectivity index (χ3n) is 6.14. The smallest absolute Gasteiger partial charge is 0.408 e. The summed E-state index contributed by atoms with van der Waals surface area (Å²) < 4.78 is 10.7. The molecule has 0 saturated carbocycles. The number of amides is 3. The molecular weight excluding hydrogens is 530 g/mol. The maximum Gasteiger partial charge on any atom is 0.408 e. The van der Waals surface area contributed by atoms with Gasteiger partial charge >= 0.3 is 12.1 Å². The predicted octanol–water partition coefficient (Wildman–Crippen LogP) is 2.19. The molecule has 0 fully saturated rings. The van der Waals surface area contributed by atoms with E-state index in [2.05, 4.69) is 31.0 Å². The van der Waals surface area contributed by atoms with Crippen LogP contribution in [0.3, 0.4) is 0 Å². The number of H-pyrrole nitrogens is 1. The van der Waals surface area contributed by atoms with Gasteiger partial charge in [-0.15, -0.1) is 0 Å². The van der Waals surface area contributed by atoms with E-state index < -0.39 is 41.6 Å². The Bertz CT molecular complexity index is 1360. The van der Waals surface area contributed by atoms with Crippen molar-refractivity contribution in [3.8, 4) is 0 Å². The number of alkyl carbamates (subject to hydrolysis) is 1. The number of hydrogen-bond acceptors (Lipinski definition) is 9. The highest BCUT2D eigenvalue weighted by atomic mass is 16.6. The minimum Gasteiger partial charge on any atom is -0.461 e. The predicted molar refractivity (Wildman–Crippen MR) is 146 cm³/mol.